The van der Waals surface area contributed by atoms with Gasteiger partial charge >= 0.3 is 0 Å². The summed E-state index contributed by atoms with van der Waals surface area (Å²) in [7, 11) is 0. The summed E-state index contributed by atoms with van der Waals surface area (Å²) in [5.41, 5.74) is 12.8. The topological polar surface area (TPSA) is 6.48 Å². The molecule has 0 radical (unpaired) electrons. The van der Waals surface area contributed by atoms with Crippen molar-refractivity contribution < 1.29 is 8.78 Å². The summed E-state index contributed by atoms with van der Waals surface area (Å²) in [6, 6.07) is 58.8. The summed E-state index contributed by atoms with van der Waals surface area (Å²) in [6.45, 7) is 23.4. The standard InChI is InChI=1S/C63H60F2N2/c1-39(2)41-15-24-47(25-16-41)66(49-29-20-45(64)21-30-49)51-28-19-43-36-57-58(37-44(43)35-51)63(61(5,6)7,62(8,9)10)60-55-34-33-52(38-56(55)53-13-11-12-14-54(53)59(57)60)67(50-31-22-46(65)23-32-50)48-26-17-42(18-27-48)40(3)4/h11-40H,1-10H3. The van der Waals surface area contributed by atoms with Gasteiger partial charge in [-0.25, -0.2) is 8.78 Å². The minimum absolute atomic E-state index is 0.235. The highest BCUT2D eigenvalue weighted by molar-refractivity contribution is 6.20. The number of fused-ring (bicyclic) bond motifs is 9. The van der Waals surface area contributed by atoms with Gasteiger partial charge in [0, 0.05) is 39.5 Å². The predicted molar refractivity (Wildman–Crippen MR) is 282 cm³/mol. The van der Waals surface area contributed by atoms with Crippen LogP contribution in [0.15, 0.2) is 170 Å². The monoisotopic (exact) mass is 882 g/mol. The summed E-state index contributed by atoms with van der Waals surface area (Å²) in [4.78, 5) is 4.48. The third kappa shape index (κ3) is 7.19. The van der Waals surface area contributed by atoms with Crippen molar-refractivity contribution in [1.82, 2.24) is 0 Å². The van der Waals surface area contributed by atoms with Crippen molar-refractivity contribution in [3.05, 3.63) is 204 Å². The second-order valence-electron chi connectivity index (χ2n) is 21.3. The molecule has 2 nitrogen and oxygen atoms in total. The Morgan fingerprint density at radius 3 is 1.31 bits per heavy atom. The van der Waals surface area contributed by atoms with Crippen LogP contribution in [0.25, 0.3) is 43.4 Å². The number of halogens is 2. The van der Waals surface area contributed by atoms with Crippen LogP contribution in [0.1, 0.15) is 103 Å². The molecule has 4 heteroatoms. The van der Waals surface area contributed by atoms with Crippen LogP contribution in [0.4, 0.5) is 42.9 Å². The first-order valence-electron chi connectivity index (χ1n) is 23.8. The van der Waals surface area contributed by atoms with E-state index in [9.17, 15) is 8.78 Å². The molecule has 10 rings (SSSR count). The molecule has 9 aromatic rings. The Morgan fingerprint density at radius 2 is 0.836 bits per heavy atom. The van der Waals surface area contributed by atoms with E-state index in [0.29, 0.717) is 11.8 Å². The largest absolute Gasteiger partial charge is 0.310 e. The van der Waals surface area contributed by atoms with Crippen LogP contribution in [0, 0.1) is 22.5 Å². The predicted octanol–water partition coefficient (Wildman–Crippen LogP) is 19.0. The fourth-order valence-corrected chi connectivity index (χ4v) is 11.8. The Bertz CT molecular complexity index is 3300. The molecule has 0 N–H and O–H groups in total. The number of anilines is 6. The molecule has 0 bridgehead atoms. The van der Waals surface area contributed by atoms with Gasteiger partial charge in [0.05, 0.1) is 0 Å². The zero-order chi connectivity index (χ0) is 47.2. The van der Waals surface area contributed by atoms with Crippen molar-refractivity contribution in [2.75, 3.05) is 9.80 Å². The van der Waals surface area contributed by atoms with E-state index in [1.165, 1.54) is 60.3 Å². The number of nitrogens with zero attached hydrogens (tertiary/aromatic N) is 2. The zero-order valence-electron chi connectivity index (χ0n) is 40.5. The number of benzene rings is 9. The molecule has 67 heavy (non-hydrogen) atoms. The van der Waals surface area contributed by atoms with Crippen molar-refractivity contribution in [3.8, 4) is 11.1 Å². The first-order valence-corrected chi connectivity index (χ1v) is 23.8. The molecule has 9 aromatic carbocycles. The van der Waals surface area contributed by atoms with Gasteiger partial charge in [0.2, 0.25) is 0 Å². The Morgan fingerprint density at radius 1 is 0.403 bits per heavy atom. The van der Waals surface area contributed by atoms with E-state index < -0.39 is 5.41 Å². The minimum Gasteiger partial charge on any atom is -0.310 e. The molecule has 336 valence electrons. The highest BCUT2D eigenvalue weighted by Crippen LogP contribution is 2.68. The average molecular weight is 883 g/mol. The fraction of sp³-hybridized carbons (Fsp3) is 0.238. The third-order valence-electron chi connectivity index (χ3n) is 14.6. The molecule has 0 amide bonds. The first kappa shape index (κ1) is 44.1. The second kappa shape index (κ2) is 16.2. The molecular weight excluding hydrogens is 823 g/mol. The van der Waals surface area contributed by atoms with E-state index in [4.69, 9.17) is 0 Å². The maximum Gasteiger partial charge on any atom is 0.123 e. The number of rotatable bonds is 8. The normalized spacial score (nSPS) is 13.5. The molecule has 0 fully saturated rings. The van der Waals surface area contributed by atoms with Gasteiger partial charge in [0.25, 0.3) is 0 Å². The van der Waals surface area contributed by atoms with Gasteiger partial charge in [-0.05, 0) is 198 Å². The van der Waals surface area contributed by atoms with Crippen LogP contribution < -0.4 is 9.80 Å². The van der Waals surface area contributed by atoms with Crippen LogP contribution in [-0.4, -0.2) is 0 Å². The average Bonchev–Trinajstić information content (AvgIpc) is 3.62. The van der Waals surface area contributed by atoms with Gasteiger partial charge in [0.1, 0.15) is 11.6 Å². The SMILES string of the molecule is CC(C)c1ccc(N(c2ccc(F)cc2)c2ccc3cc4c(cc3c2)C(C(C)(C)C)(C(C)(C)C)c2c-4c3ccccc3c3cc(N(c4ccc(F)cc4)c4ccc(C(C)C)cc4)ccc23)cc1. The summed E-state index contributed by atoms with van der Waals surface area (Å²) in [6.07, 6.45) is 0. The highest BCUT2D eigenvalue weighted by Gasteiger charge is 2.58. The van der Waals surface area contributed by atoms with E-state index in [-0.39, 0.29) is 22.5 Å². The molecule has 0 spiro atoms. The number of hydrogen-bond acceptors (Lipinski definition) is 2. The van der Waals surface area contributed by atoms with E-state index in [1.54, 1.807) is 24.3 Å². The Balaban J connectivity index is 1.23. The van der Waals surface area contributed by atoms with E-state index in [2.05, 4.69) is 200 Å². The molecule has 0 aliphatic heterocycles. The Kier molecular flexibility index (Phi) is 10.7. The minimum atomic E-state index is -0.439. The molecule has 0 atom stereocenters. The van der Waals surface area contributed by atoms with Gasteiger partial charge in [-0.15, -0.1) is 0 Å². The lowest BCUT2D eigenvalue weighted by atomic mass is 9.49. The molecular formula is C63H60F2N2. The van der Waals surface area contributed by atoms with Crippen molar-refractivity contribution in [3.63, 3.8) is 0 Å². The van der Waals surface area contributed by atoms with Crippen LogP contribution in [-0.2, 0) is 5.41 Å². The third-order valence-corrected chi connectivity index (χ3v) is 14.6. The quantitative estimate of drug-likeness (QED) is 0.140. The van der Waals surface area contributed by atoms with E-state index in [1.807, 2.05) is 24.3 Å². The maximum atomic E-state index is 14.5. The smallest absolute Gasteiger partial charge is 0.123 e. The molecule has 1 aliphatic rings. The van der Waals surface area contributed by atoms with Gasteiger partial charge in [-0.3, -0.25) is 0 Å². The second-order valence-corrected chi connectivity index (χ2v) is 21.3. The van der Waals surface area contributed by atoms with E-state index >= 15 is 0 Å². The van der Waals surface area contributed by atoms with Crippen LogP contribution >= 0.6 is 0 Å². The highest BCUT2D eigenvalue weighted by atomic mass is 19.1. The Labute approximate surface area is 395 Å². The lowest BCUT2D eigenvalue weighted by Crippen LogP contribution is -2.50. The zero-order valence-corrected chi connectivity index (χ0v) is 40.5. The molecule has 0 aromatic heterocycles. The van der Waals surface area contributed by atoms with Crippen molar-refractivity contribution in [2.24, 2.45) is 10.8 Å². The summed E-state index contributed by atoms with van der Waals surface area (Å²) >= 11 is 0. The molecule has 0 saturated heterocycles. The molecule has 0 heterocycles. The maximum absolute atomic E-state index is 14.5. The fourth-order valence-electron chi connectivity index (χ4n) is 11.8. The first-order chi connectivity index (χ1) is 32.0. The van der Waals surface area contributed by atoms with Crippen LogP contribution in [0.2, 0.25) is 0 Å². The number of hydrogen-bond donors (Lipinski definition) is 0. The van der Waals surface area contributed by atoms with Crippen molar-refractivity contribution in [1.29, 1.82) is 0 Å². The molecule has 1 aliphatic carbocycles. The lowest BCUT2D eigenvalue weighted by Gasteiger charge is -2.53. The van der Waals surface area contributed by atoms with Gasteiger partial charge < -0.3 is 9.80 Å². The van der Waals surface area contributed by atoms with E-state index in [0.717, 1.165) is 39.5 Å². The van der Waals surface area contributed by atoms with Gasteiger partial charge in [-0.1, -0.05) is 130 Å². The van der Waals surface area contributed by atoms with Gasteiger partial charge in [-0.2, -0.15) is 0 Å². The Hall–Kier alpha value is -6.78. The molecule has 0 unspecified atom stereocenters. The van der Waals surface area contributed by atoms with Crippen LogP contribution in [0.5, 0.6) is 0 Å². The summed E-state index contributed by atoms with van der Waals surface area (Å²) in [5.74, 6) is 0.294. The van der Waals surface area contributed by atoms with Gasteiger partial charge in [0.15, 0.2) is 0 Å². The molecule has 0 saturated carbocycles. The summed E-state index contributed by atoms with van der Waals surface area (Å²) in [5, 5.41) is 7.18. The van der Waals surface area contributed by atoms with Crippen LogP contribution in [0.3, 0.4) is 0 Å². The van der Waals surface area contributed by atoms with Crippen molar-refractivity contribution >= 4 is 66.4 Å². The van der Waals surface area contributed by atoms with Crippen molar-refractivity contribution in [2.45, 2.75) is 86.5 Å². The lowest BCUT2D eigenvalue weighted by molar-refractivity contribution is 0.0965. The summed E-state index contributed by atoms with van der Waals surface area (Å²) < 4.78 is 28.9.